The van der Waals surface area contributed by atoms with Gasteiger partial charge in [0.2, 0.25) is 5.82 Å². The van der Waals surface area contributed by atoms with Crippen molar-refractivity contribution in [1.82, 2.24) is 19.7 Å². The van der Waals surface area contributed by atoms with Crippen LogP contribution in [0.5, 0.6) is 0 Å². The lowest BCUT2D eigenvalue weighted by molar-refractivity contribution is 0.262. The first-order valence-corrected chi connectivity index (χ1v) is 10.6. The number of amides is 2. The second kappa shape index (κ2) is 9.56. The zero-order chi connectivity index (χ0) is 24.2. The highest BCUT2D eigenvalue weighted by Crippen LogP contribution is 2.22. The number of urea groups is 1. The number of aromatic nitrogens is 4. The van der Waals surface area contributed by atoms with E-state index in [2.05, 4.69) is 25.8 Å². The molecule has 5 aromatic rings. The molecule has 0 saturated heterocycles. The van der Waals surface area contributed by atoms with Crippen LogP contribution in [-0.2, 0) is 6.54 Å². The van der Waals surface area contributed by atoms with Gasteiger partial charge < -0.3 is 19.7 Å². The van der Waals surface area contributed by atoms with E-state index in [4.69, 9.17) is 4.52 Å². The second-order valence-electron chi connectivity index (χ2n) is 7.62. The molecule has 0 spiro atoms. The minimum atomic E-state index is -0.540. The van der Waals surface area contributed by atoms with Crippen LogP contribution in [0.25, 0.3) is 23.0 Å². The van der Waals surface area contributed by atoms with Gasteiger partial charge in [-0.2, -0.15) is 4.98 Å². The van der Waals surface area contributed by atoms with E-state index in [1.807, 2.05) is 16.7 Å². The Hall–Kier alpha value is -4.86. The van der Waals surface area contributed by atoms with Crippen LogP contribution in [0.1, 0.15) is 5.56 Å². The Balaban J connectivity index is 1.20. The largest absolute Gasteiger partial charge is 0.332 e. The van der Waals surface area contributed by atoms with Crippen molar-refractivity contribution in [2.24, 2.45) is 0 Å². The van der Waals surface area contributed by atoms with Crippen LogP contribution in [0.4, 0.5) is 25.0 Å². The number of benzene rings is 3. The Morgan fingerprint density at radius 3 is 2.49 bits per heavy atom. The van der Waals surface area contributed by atoms with Gasteiger partial charge in [-0.3, -0.25) is 0 Å². The van der Waals surface area contributed by atoms with Gasteiger partial charge in [-0.25, -0.2) is 18.6 Å². The summed E-state index contributed by atoms with van der Waals surface area (Å²) in [5.74, 6) is -0.254. The molecule has 35 heavy (non-hydrogen) atoms. The molecule has 0 unspecified atom stereocenters. The molecule has 2 aromatic heterocycles. The maximum absolute atomic E-state index is 13.7. The van der Waals surface area contributed by atoms with Crippen LogP contribution >= 0.6 is 0 Å². The van der Waals surface area contributed by atoms with E-state index in [1.165, 1.54) is 24.3 Å². The fraction of sp³-hybridized carbons (Fsp3) is 0.0400. The van der Waals surface area contributed by atoms with E-state index < -0.39 is 11.8 Å². The molecule has 2 heterocycles. The van der Waals surface area contributed by atoms with Gasteiger partial charge in [0.15, 0.2) is 0 Å². The number of carbonyl (C=O) groups excluding carboxylic acids is 1. The molecule has 5 rings (SSSR count). The molecule has 0 aliphatic heterocycles. The predicted molar refractivity (Wildman–Crippen MR) is 125 cm³/mol. The summed E-state index contributed by atoms with van der Waals surface area (Å²) in [4.78, 5) is 20.8. The van der Waals surface area contributed by atoms with Crippen LogP contribution < -0.4 is 10.6 Å². The summed E-state index contributed by atoms with van der Waals surface area (Å²) in [6.07, 6.45) is 3.42. The molecule has 0 atom stereocenters. The van der Waals surface area contributed by atoms with E-state index in [-0.39, 0.29) is 17.4 Å². The maximum Gasteiger partial charge on any atom is 0.323 e. The van der Waals surface area contributed by atoms with E-state index in [9.17, 15) is 13.6 Å². The van der Waals surface area contributed by atoms with Crippen molar-refractivity contribution in [3.8, 4) is 23.0 Å². The number of para-hydroxylation sites is 1. The Kier molecular flexibility index (Phi) is 6.00. The Bertz CT molecular complexity index is 1460. The lowest BCUT2D eigenvalue weighted by atomic mass is 10.2. The minimum Gasteiger partial charge on any atom is -0.332 e. The third kappa shape index (κ3) is 5.22. The zero-order valence-electron chi connectivity index (χ0n) is 18.2. The normalized spacial score (nSPS) is 10.8. The van der Waals surface area contributed by atoms with Crippen molar-refractivity contribution in [2.45, 2.75) is 6.54 Å². The molecule has 10 heteroatoms. The number of carbonyl (C=O) groups is 1. The van der Waals surface area contributed by atoms with Crippen LogP contribution in [0, 0.1) is 11.6 Å². The lowest BCUT2D eigenvalue weighted by Gasteiger charge is -2.09. The summed E-state index contributed by atoms with van der Waals surface area (Å²) in [5.41, 5.74) is 2.77. The maximum atomic E-state index is 13.7. The van der Waals surface area contributed by atoms with Crippen LogP contribution in [0.15, 0.2) is 89.8 Å². The summed E-state index contributed by atoms with van der Waals surface area (Å²) in [7, 11) is 0. The van der Waals surface area contributed by atoms with Gasteiger partial charge in [0.1, 0.15) is 17.3 Å². The molecule has 0 fully saturated rings. The van der Waals surface area contributed by atoms with E-state index >= 15 is 0 Å². The van der Waals surface area contributed by atoms with Crippen molar-refractivity contribution in [3.63, 3.8) is 0 Å². The highest BCUT2D eigenvalue weighted by molar-refractivity contribution is 5.99. The summed E-state index contributed by atoms with van der Waals surface area (Å²) in [5, 5.41) is 9.07. The highest BCUT2D eigenvalue weighted by atomic mass is 19.1. The average Bonchev–Trinajstić information content (AvgIpc) is 3.52. The molecule has 0 bridgehead atoms. The van der Waals surface area contributed by atoms with Gasteiger partial charge in [0, 0.05) is 24.0 Å². The molecule has 0 saturated carbocycles. The summed E-state index contributed by atoms with van der Waals surface area (Å²) < 4.78 is 33.9. The number of anilines is 2. The fourth-order valence-electron chi connectivity index (χ4n) is 3.35. The first-order chi connectivity index (χ1) is 17.0. The third-order valence-corrected chi connectivity index (χ3v) is 5.08. The van der Waals surface area contributed by atoms with Gasteiger partial charge in [-0.1, -0.05) is 29.4 Å². The molecule has 0 aliphatic carbocycles. The monoisotopic (exact) mass is 472 g/mol. The van der Waals surface area contributed by atoms with Gasteiger partial charge >= 0.3 is 6.03 Å². The smallest absolute Gasteiger partial charge is 0.323 e. The van der Waals surface area contributed by atoms with E-state index in [0.717, 1.165) is 5.56 Å². The molecule has 3 aromatic carbocycles. The molecule has 174 valence electrons. The quantitative estimate of drug-likeness (QED) is 0.337. The van der Waals surface area contributed by atoms with Gasteiger partial charge in [0.05, 0.1) is 12.0 Å². The first kappa shape index (κ1) is 22.0. The predicted octanol–water partition coefficient (Wildman–Crippen LogP) is 5.57. The number of hydrogen-bond acceptors (Lipinski definition) is 5. The summed E-state index contributed by atoms with van der Waals surface area (Å²) >= 11 is 0. The van der Waals surface area contributed by atoms with Crippen LogP contribution in [0.3, 0.4) is 0 Å². The van der Waals surface area contributed by atoms with Gasteiger partial charge in [-0.15, -0.1) is 0 Å². The highest BCUT2D eigenvalue weighted by Gasteiger charge is 2.13. The third-order valence-electron chi connectivity index (χ3n) is 5.08. The van der Waals surface area contributed by atoms with E-state index in [1.54, 1.807) is 48.9 Å². The Labute approximate surface area is 198 Å². The Morgan fingerprint density at radius 1 is 0.943 bits per heavy atom. The topological polar surface area (TPSA) is 97.9 Å². The molecule has 2 amide bonds. The standard InChI is InChI=1S/C25H18F2N6O2/c26-18-9-7-17(8-10-18)23-31-24(35-32-23)22-14-33(15-28-22)13-16-5-11-19(12-6-16)29-25(34)30-21-4-2-1-3-20(21)27/h1-12,14-15H,13H2,(H2,29,30,34). The van der Waals surface area contributed by atoms with Gasteiger partial charge in [-0.05, 0) is 54.1 Å². The fourth-order valence-corrected chi connectivity index (χ4v) is 3.35. The number of rotatable bonds is 6. The number of imidazole rings is 1. The Morgan fingerprint density at radius 2 is 1.71 bits per heavy atom. The minimum absolute atomic E-state index is 0.101. The number of nitrogens with zero attached hydrogens (tertiary/aromatic N) is 4. The van der Waals surface area contributed by atoms with Crippen molar-refractivity contribution in [3.05, 3.63) is 103 Å². The van der Waals surface area contributed by atoms with Gasteiger partial charge in [0.25, 0.3) is 5.89 Å². The summed E-state index contributed by atoms with van der Waals surface area (Å²) in [6.45, 7) is 0.521. The number of halogens is 2. The molecule has 0 aliphatic rings. The SMILES string of the molecule is O=C(Nc1ccc(Cn2cnc(-c3nc(-c4ccc(F)cc4)no3)c2)cc1)Nc1ccccc1F. The number of nitrogens with one attached hydrogen (secondary N) is 2. The number of hydrogen-bond donors (Lipinski definition) is 2. The summed E-state index contributed by atoms with van der Waals surface area (Å²) in [6, 6.07) is 18.4. The molecule has 8 nitrogen and oxygen atoms in total. The van der Waals surface area contributed by atoms with Crippen LogP contribution in [0.2, 0.25) is 0 Å². The zero-order valence-corrected chi connectivity index (χ0v) is 18.2. The van der Waals surface area contributed by atoms with Crippen molar-refractivity contribution >= 4 is 17.4 Å². The van der Waals surface area contributed by atoms with E-state index in [0.29, 0.717) is 29.3 Å². The second-order valence-corrected chi connectivity index (χ2v) is 7.62. The molecule has 0 radical (unpaired) electrons. The average molecular weight is 472 g/mol. The first-order valence-electron chi connectivity index (χ1n) is 10.6. The molecular formula is C25H18F2N6O2. The van der Waals surface area contributed by atoms with Crippen molar-refractivity contribution in [2.75, 3.05) is 10.6 Å². The van der Waals surface area contributed by atoms with Crippen molar-refractivity contribution < 1.29 is 18.1 Å². The molecule has 2 N–H and O–H groups in total. The van der Waals surface area contributed by atoms with Crippen molar-refractivity contribution in [1.29, 1.82) is 0 Å². The molecular weight excluding hydrogens is 454 g/mol. The lowest BCUT2D eigenvalue weighted by Crippen LogP contribution is -2.20. The van der Waals surface area contributed by atoms with Crippen LogP contribution in [-0.4, -0.2) is 25.7 Å².